The summed E-state index contributed by atoms with van der Waals surface area (Å²) in [6.45, 7) is 0. The standard InChI is InChI=1S/C17H14BrIN4/c18-13-5-1-12(2-6-13)16-9-15(11-3-7-14(19)8-4-11)22-17-20-10-21-23(16)17/h1-8,10,15-16H,9H2,(H,20,21,22). The van der Waals surface area contributed by atoms with Crippen LogP contribution in [0.2, 0.25) is 0 Å². The van der Waals surface area contributed by atoms with Crippen LogP contribution >= 0.6 is 38.5 Å². The van der Waals surface area contributed by atoms with Crippen molar-refractivity contribution in [3.63, 3.8) is 0 Å². The van der Waals surface area contributed by atoms with Gasteiger partial charge in [-0.1, -0.05) is 40.2 Å². The quantitative estimate of drug-likeness (QED) is 0.536. The first-order valence-corrected chi connectivity index (χ1v) is 9.25. The van der Waals surface area contributed by atoms with Crippen LogP contribution in [0.15, 0.2) is 59.3 Å². The van der Waals surface area contributed by atoms with Crippen LogP contribution in [0.4, 0.5) is 5.95 Å². The summed E-state index contributed by atoms with van der Waals surface area (Å²) in [6, 6.07) is 17.5. The fourth-order valence-electron chi connectivity index (χ4n) is 3.00. The lowest BCUT2D eigenvalue weighted by Crippen LogP contribution is -2.28. The third-order valence-corrected chi connectivity index (χ3v) is 5.41. The van der Waals surface area contributed by atoms with Gasteiger partial charge in [-0.2, -0.15) is 10.1 Å². The molecule has 0 spiro atoms. The Bertz CT molecular complexity index is 813. The molecule has 2 aromatic carbocycles. The number of nitrogens with zero attached hydrogens (tertiary/aromatic N) is 3. The van der Waals surface area contributed by atoms with Crippen LogP contribution in [0.25, 0.3) is 0 Å². The molecule has 0 fully saturated rings. The molecule has 0 aliphatic carbocycles. The molecule has 0 amide bonds. The highest BCUT2D eigenvalue weighted by atomic mass is 127. The van der Waals surface area contributed by atoms with Gasteiger partial charge in [0.15, 0.2) is 0 Å². The molecule has 3 aromatic rings. The summed E-state index contributed by atoms with van der Waals surface area (Å²) in [6.07, 6.45) is 2.56. The van der Waals surface area contributed by atoms with Crippen LogP contribution in [0.3, 0.4) is 0 Å². The van der Waals surface area contributed by atoms with Gasteiger partial charge in [-0.3, -0.25) is 0 Å². The van der Waals surface area contributed by atoms with E-state index in [9.17, 15) is 0 Å². The van der Waals surface area contributed by atoms with Gasteiger partial charge < -0.3 is 5.32 Å². The van der Waals surface area contributed by atoms with E-state index < -0.39 is 0 Å². The molecule has 1 N–H and O–H groups in total. The van der Waals surface area contributed by atoms with Gasteiger partial charge in [-0.15, -0.1) is 0 Å². The van der Waals surface area contributed by atoms with Gasteiger partial charge in [-0.25, -0.2) is 4.68 Å². The molecule has 1 aromatic heterocycles. The zero-order chi connectivity index (χ0) is 15.8. The van der Waals surface area contributed by atoms with Gasteiger partial charge in [0.2, 0.25) is 5.95 Å². The van der Waals surface area contributed by atoms with Crippen LogP contribution < -0.4 is 5.32 Å². The van der Waals surface area contributed by atoms with Crippen LogP contribution in [-0.2, 0) is 0 Å². The number of benzene rings is 2. The minimum absolute atomic E-state index is 0.186. The molecule has 23 heavy (non-hydrogen) atoms. The lowest BCUT2D eigenvalue weighted by molar-refractivity contribution is 0.431. The number of anilines is 1. The second-order valence-corrected chi connectivity index (χ2v) is 7.74. The summed E-state index contributed by atoms with van der Waals surface area (Å²) in [4.78, 5) is 4.37. The normalized spacial score (nSPS) is 19.9. The van der Waals surface area contributed by atoms with E-state index in [-0.39, 0.29) is 12.1 Å². The Kier molecular flexibility index (Phi) is 4.11. The second-order valence-electron chi connectivity index (χ2n) is 5.58. The summed E-state index contributed by atoms with van der Waals surface area (Å²) in [5.74, 6) is 0.827. The Hall–Kier alpha value is -1.41. The van der Waals surface area contributed by atoms with Crippen molar-refractivity contribution >= 4 is 44.5 Å². The van der Waals surface area contributed by atoms with Crippen LogP contribution in [-0.4, -0.2) is 14.8 Å². The van der Waals surface area contributed by atoms with Crippen molar-refractivity contribution in [2.24, 2.45) is 0 Å². The average molecular weight is 481 g/mol. The molecule has 0 saturated heterocycles. The maximum atomic E-state index is 4.41. The highest BCUT2D eigenvalue weighted by Gasteiger charge is 2.29. The Labute approximate surface area is 156 Å². The molecule has 2 atom stereocenters. The van der Waals surface area contributed by atoms with Crippen LogP contribution in [0, 0.1) is 3.57 Å². The lowest BCUT2D eigenvalue weighted by Gasteiger charge is -2.31. The van der Waals surface area contributed by atoms with Crippen molar-refractivity contribution in [3.05, 3.63) is 74.0 Å². The fraction of sp³-hybridized carbons (Fsp3) is 0.176. The van der Waals surface area contributed by atoms with Gasteiger partial charge >= 0.3 is 0 Å². The number of nitrogens with one attached hydrogen (secondary N) is 1. The van der Waals surface area contributed by atoms with Crippen LogP contribution in [0.1, 0.15) is 29.6 Å². The van der Waals surface area contributed by atoms with E-state index in [0.717, 1.165) is 16.8 Å². The molecule has 0 radical (unpaired) electrons. The smallest absolute Gasteiger partial charge is 0.222 e. The van der Waals surface area contributed by atoms with E-state index in [4.69, 9.17) is 0 Å². The Morgan fingerprint density at radius 1 is 1.04 bits per heavy atom. The van der Waals surface area contributed by atoms with E-state index in [2.05, 4.69) is 102 Å². The number of hydrogen-bond acceptors (Lipinski definition) is 3. The largest absolute Gasteiger partial charge is 0.348 e. The first-order valence-electron chi connectivity index (χ1n) is 7.38. The molecule has 6 heteroatoms. The van der Waals surface area contributed by atoms with E-state index in [1.165, 1.54) is 14.7 Å². The van der Waals surface area contributed by atoms with Crippen molar-refractivity contribution in [2.75, 3.05) is 5.32 Å². The topological polar surface area (TPSA) is 42.7 Å². The van der Waals surface area contributed by atoms with E-state index >= 15 is 0 Å². The Morgan fingerprint density at radius 3 is 2.48 bits per heavy atom. The van der Waals surface area contributed by atoms with Crippen molar-refractivity contribution in [3.8, 4) is 0 Å². The zero-order valence-electron chi connectivity index (χ0n) is 12.2. The average Bonchev–Trinajstić information content (AvgIpc) is 3.04. The molecule has 0 saturated carbocycles. The van der Waals surface area contributed by atoms with Crippen molar-refractivity contribution < 1.29 is 0 Å². The van der Waals surface area contributed by atoms with Gasteiger partial charge in [0.05, 0.1) is 12.1 Å². The van der Waals surface area contributed by atoms with E-state index in [1.54, 1.807) is 6.33 Å². The molecule has 1 aliphatic heterocycles. The zero-order valence-corrected chi connectivity index (χ0v) is 15.9. The number of halogens is 2. The van der Waals surface area contributed by atoms with Crippen molar-refractivity contribution in [2.45, 2.75) is 18.5 Å². The van der Waals surface area contributed by atoms with Crippen molar-refractivity contribution in [1.82, 2.24) is 14.8 Å². The molecule has 2 heterocycles. The van der Waals surface area contributed by atoms with Gasteiger partial charge in [0.25, 0.3) is 0 Å². The minimum atomic E-state index is 0.186. The maximum Gasteiger partial charge on any atom is 0.222 e. The number of hydrogen-bond donors (Lipinski definition) is 1. The van der Waals surface area contributed by atoms with Crippen LogP contribution in [0.5, 0.6) is 0 Å². The van der Waals surface area contributed by atoms with E-state index in [0.29, 0.717) is 0 Å². The number of rotatable bonds is 2. The third kappa shape index (κ3) is 3.01. The summed E-state index contributed by atoms with van der Waals surface area (Å²) in [5, 5.41) is 7.91. The van der Waals surface area contributed by atoms with Gasteiger partial charge in [-0.05, 0) is 64.4 Å². The first-order chi connectivity index (χ1) is 11.2. The first kappa shape index (κ1) is 15.1. The molecule has 4 nitrogen and oxygen atoms in total. The molecule has 2 unspecified atom stereocenters. The lowest BCUT2D eigenvalue weighted by atomic mass is 9.93. The van der Waals surface area contributed by atoms with Gasteiger partial charge in [0.1, 0.15) is 6.33 Å². The SMILES string of the molecule is Brc1ccc(C2CC(c3ccc(I)cc3)Nc3ncnn32)cc1. The molecular formula is C17H14BrIN4. The number of fused-ring (bicyclic) bond motifs is 1. The predicted octanol–water partition coefficient (Wildman–Crippen LogP) is 4.79. The molecule has 4 rings (SSSR count). The highest BCUT2D eigenvalue weighted by molar-refractivity contribution is 14.1. The molecule has 116 valence electrons. The monoisotopic (exact) mass is 480 g/mol. The molecular weight excluding hydrogens is 467 g/mol. The van der Waals surface area contributed by atoms with Gasteiger partial charge in [0, 0.05) is 8.04 Å². The summed E-state index contributed by atoms with van der Waals surface area (Å²) in [5.41, 5.74) is 2.53. The van der Waals surface area contributed by atoms with Crippen molar-refractivity contribution in [1.29, 1.82) is 0 Å². The second kappa shape index (κ2) is 6.24. The molecule has 1 aliphatic rings. The summed E-state index contributed by atoms with van der Waals surface area (Å²) >= 11 is 5.83. The summed E-state index contributed by atoms with van der Waals surface area (Å²) in [7, 11) is 0. The number of aromatic nitrogens is 3. The Balaban J connectivity index is 1.71. The maximum absolute atomic E-state index is 4.41. The fourth-order valence-corrected chi connectivity index (χ4v) is 3.62. The minimum Gasteiger partial charge on any atom is -0.348 e. The molecule has 0 bridgehead atoms. The predicted molar refractivity (Wildman–Crippen MR) is 102 cm³/mol. The third-order valence-electron chi connectivity index (χ3n) is 4.16. The Morgan fingerprint density at radius 2 is 1.74 bits per heavy atom. The highest BCUT2D eigenvalue weighted by Crippen LogP contribution is 2.37. The summed E-state index contributed by atoms with van der Waals surface area (Å²) < 4.78 is 4.31. The van der Waals surface area contributed by atoms with E-state index in [1.807, 2.05) is 4.68 Å².